The highest BCUT2D eigenvalue weighted by Gasteiger charge is 2.18. The van der Waals surface area contributed by atoms with Crippen LogP contribution in [-0.4, -0.2) is 39.9 Å². The number of hydrogen-bond donors (Lipinski definition) is 0. The Labute approximate surface area is 116 Å². The van der Waals surface area contributed by atoms with Gasteiger partial charge in [-0.25, -0.2) is 0 Å². The van der Waals surface area contributed by atoms with Crippen LogP contribution in [0.4, 0.5) is 0 Å². The molecule has 1 aromatic rings. The molecule has 0 aliphatic heterocycles. The van der Waals surface area contributed by atoms with E-state index in [9.17, 15) is 0 Å². The summed E-state index contributed by atoms with van der Waals surface area (Å²) in [4.78, 5) is 0. The van der Waals surface area contributed by atoms with Crippen molar-refractivity contribution in [3.63, 3.8) is 0 Å². The summed E-state index contributed by atoms with van der Waals surface area (Å²) in [7, 11) is 1.87. The second-order valence-electron chi connectivity index (χ2n) is 5.63. The predicted octanol–water partition coefficient (Wildman–Crippen LogP) is 2.36. The second kappa shape index (κ2) is 7.60. The van der Waals surface area contributed by atoms with Crippen LogP contribution in [0.3, 0.4) is 0 Å². The van der Waals surface area contributed by atoms with Crippen LogP contribution in [0, 0.1) is 0 Å². The lowest BCUT2D eigenvalue weighted by Gasteiger charge is -2.25. The lowest BCUT2D eigenvalue weighted by atomic mass is 10.1. The lowest BCUT2D eigenvalue weighted by Crippen LogP contribution is -2.28. The second-order valence-corrected chi connectivity index (χ2v) is 5.63. The van der Waals surface area contributed by atoms with Gasteiger partial charge in [0, 0.05) is 32.9 Å². The fraction of sp³-hybridized carbons (Fsp3) is 0.857. The van der Waals surface area contributed by atoms with Gasteiger partial charge in [0.25, 0.3) is 0 Å². The summed E-state index contributed by atoms with van der Waals surface area (Å²) < 4.78 is 13.3. The van der Waals surface area contributed by atoms with Crippen molar-refractivity contribution in [1.82, 2.24) is 15.0 Å². The molecule has 0 saturated carbocycles. The van der Waals surface area contributed by atoms with Crippen LogP contribution in [0.1, 0.15) is 46.2 Å². The maximum atomic E-state index is 5.81. The molecule has 0 aromatic carbocycles. The van der Waals surface area contributed by atoms with Gasteiger partial charge < -0.3 is 9.47 Å². The molecule has 0 spiro atoms. The molecule has 1 rings (SSSR count). The minimum atomic E-state index is -0.109. The highest BCUT2D eigenvalue weighted by Crippen LogP contribution is 2.15. The van der Waals surface area contributed by atoms with Crippen LogP contribution in [0.15, 0.2) is 6.20 Å². The molecule has 0 bridgehead atoms. The Bertz CT molecular complexity index is 363. The molecule has 1 atom stereocenters. The maximum absolute atomic E-state index is 5.81. The van der Waals surface area contributed by atoms with Gasteiger partial charge in [-0.05, 0) is 33.6 Å². The van der Waals surface area contributed by atoms with Gasteiger partial charge in [-0.15, -0.1) is 5.10 Å². The van der Waals surface area contributed by atoms with Crippen molar-refractivity contribution >= 4 is 0 Å². The van der Waals surface area contributed by atoms with Crippen molar-refractivity contribution in [3.8, 4) is 0 Å². The standard InChI is InChI=1S/C14H27N3O2/c1-6-8-19-14(3,4)7-9-18-12(2)10-13-11-17(5)16-15-13/h11-12H,6-10H2,1-5H3. The smallest absolute Gasteiger partial charge is 0.0852 e. The number of hydrogen-bond acceptors (Lipinski definition) is 4. The zero-order valence-corrected chi connectivity index (χ0v) is 12.8. The van der Waals surface area contributed by atoms with Crippen molar-refractivity contribution in [2.24, 2.45) is 7.05 Å². The Balaban J connectivity index is 2.21. The Morgan fingerprint density at radius 2 is 2.11 bits per heavy atom. The van der Waals surface area contributed by atoms with Gasteiger partial charge in [-0.3, -0.25) is 4.68 Å². The average molecular weight is 269 g/mol. The van der Waals surface area contributed by atoms with Crippen LogP contribution < -0.4 is 0 Å². The minimum Gasteiger partial charge on any atom is -0.378 e. The molecule has 0 saturated heterocycles. The van der Waals surface area contributed by atoms with E-state index in [2.05, 4.69) is 38.0 Å². The molecule has 0 radical (unpaired) electrons. The van der Waals surface area contributed by atoms with Gasteiger partial charge in [-0.1, -0.05) is 12.1 Å². The fourth-order valence-electron chi connectivity index (χ4n) is 1.80. The molecule has 0 N–H and O–H groups in total. The lowest BCUT2D eigenvalue weighted by molar-refractivity contribution is -0.0487. The number of ether oxygens (including phenoxy) is 2. The van der Waals surface area contributed by atoms with Crippen molar-refractivity contribution in [2.45, 2.75) is 58.7 Å². The first kappa shape index (κ1) is 16.1. The van der Waals surface area contributed by atoms with Gasteiger partial charge in [0.2, 0.25) is 0 Å². The highest BCUT2D eigenvalue weighted by molar-refractivity contribution is 4.93. The first-order valence-corrected chi connectivity index (χ1v) is 7.03. The highest BCUT2D eigenvalue weighted by atomic mass is 16.5. The predicted molar refractivity (Wildman–Crippen MR) is 75.1 cm³/mol. The van der Waals surface area contributed by atoms with E-state index in [1.807, 2.05) is 13.2 Å². The normalized spacial score (nSPS) is 13.7. The SMILES string of the molecule is CCCOC(C)(C)CCOC(C)Cc1cn(C)nn1. The Kier molecular flexibility index (Phi) is 6.45. The van der Waals surface area contributed by atoms with Crippen molar-refractivity contribution in [3.05, 3.63) is 11.9 Å². The molecule has 0 amide bonds. The largest absolute Gasteiger partial charge is 0.378 e. The number of aromatic nitrogens is 3. The van der Waals surface area contributed by atoms with Gasteiger partial charge in [0.05, 0.1) is 17.4 Å². The van der Waals surface area contributed by atoms with Crippen molar-refractivity contribution in [1.29, 1.82) is 0 Å². The monoisotopic (exact) mass is 269 g/mol. The maximum Gasteiger partial charge on any atom is 0.0852 e. The van der Waals surface area contributed by atoms with E-state index in [1.54, 1.807) is 4.68 Å². The van der Waals surface area contributed by atoms with Gasteiger partial charge in [0.1, 0.15) is 0 Å². The molecule has 19 heavy (non-hydrogen) atoms. The van der Waals surface area contributed by atoms with E-state index < -0.39 is 0 Å². The summed E-state index contributed by atoms with van der Waals surface area (Å²) in [6.45, 7) is 9.92. The van der Waals surface area contributed by atoms with Crippen molar-refractivity contribution < 1.29 is 9.47 Å². The number of nitrogens with zero attached hydrogens (tertiary/aromatic N) is 3. The quantitative estimate of drug-likeness (QED) is 0.690. The Morgan fingerprint density at radius 3 is 2.68 bits per heavy atom. The van der Waals surface area contributed by atoms with E-state index >= 15 is 0 Å². The third-order valence-corrected chi connectivity index (χ3v) is 2.95. The van der Waals surface area contributed by atoms with Crippen LogP contribution in [0.2, 0.25) is 0 Å². The zero-order chi connectivity index (χ0) is 14.3. The number of aryl methyl sites for hydroxylation is 1. The number of rotatable bonds is 9. The summed E-state index contributed by atoms with van der Waals surface area (Å²) in [5, 5.41) is 7.98. The van der Waals surface area contributed by atoms with Gasteiger partial charge >= 0.3 is 0 Å². The Morgan fingerprint density at radius 1 is 1.37 bits per heavy atom. The molecule has 1 aromatic heterocycles. The molecule has 0 aliphatic rings. The minimum absolute atomic E-state index is 0.109. The van der Waals surface area contributed by atoms with Crippen LogP contribution in [-0.2, 0) is 22.9 Å². The third-order valence-electron chi connectivity index (χ3n) is 2.95. The fourth-order valence-corrected chi connectivity index (χ4v) is 1.80. The van der Waals surface area contributed by atoms with E-state index in [4.69, 9.17) is 9.47 Å². The van der Waals surface area contributed by atoms with Crippen molar-refractivity contribution in [2.75, 3.05) is 13.2 Å². The zero-order valence-electron chi connectivity index (χ0n) is 12.8. The molecule has 110 valence electrons. The van der Waals surface area contributed by atoms with E-state index in [0.717, 1.165) is 31.6 Å². The summed E-state index contributed by atoms with van der Waals surface area (Å²) in [6.07, 6.45) is 4.82. The van der Waals surface area contributed by atoms with E-state index in [-0.39, 0.29) is 11.7 Å². The molecule has 1 unspecified atom stereocenters. The first-order chi connectivity index (χ1) is 8.93. The van der Waals surface area contributed by atoms with Crippen LogP contribution in [0.25, 0.3) is 0 Å². The summed E-state index contributed by atoms with van der Waals surface area (Å²) in [5.41, 5.74) is 0.860. The van der Waals surface area contributed by atoms with Gasteiger partial charge in [0.15, 0.2) is 0 Å². The Hall–Kier alpha value is -0.940. The molecule has 5 heteroatoms. The molecule has 0 aliphatic carbocycles. The van der Waals surface area contributed by atoms with Crippen LogP contribution in [0.5, 0.6) is 0 Å². The van der Waals surface area contributed by atoms with E-state index in [1.165, 1.54) is 0 Å². The summed E-state index contributed by atoms with van der Waals surface area (Å²) in [6, 6.07) is 0. The molecular formula is C14H27N3O2. The summed E-state index contributed by atoms with van der Waals surface area (Å²) in [5.74, 6) is 0. The third kappa shape index (κ3) is 6.68. The summed E-state index contributed by atoms with van der Waals surface area (Å²) >= 11 is 0. The topological polar surface area (TPSA) is 49.2 Å². The first-order valence-electron chi connectivity index (χ1n) is 7.03. The van der Waals surface area contributed by atoms with Gasteiger partial charge in [-0.2, -0.15) is 0 Å². The average Bonchev–Trinajstić information content (AvgIpc) is 2.72. The molecular weight excluding hydrogens is 242 g/mol. The molecule has 1 heterocycles. The molecule has 0 fully saturated rings. The van der Waals surface area contributed by atoms with Crippen LogP contribution >= 0.6 is 0 Å². The van der Waals surface area contributed by atoms with E-state index in [0.29, 0.717) is 6.61 Å². The molecule has 5 nitrogen and oxygen atoms in total.